The van der Waals surface area contributed by atoms with Crippen molar-refractivity contribution in [1.29, 1.82) is 0 Å². The van der Waals surface area contributed by atoms with Crippen molar-refractivity contribution >= 4 is 11.5 Å². The summed E-state index contributed by atoms with van der Waals surface area (Å²) in [5.41, 5.74) is 5.40. The maximum absolute atomic E-state index is 11.3. The van der Waals surface area contributed by atoms with Crippen LogP contribution in [-0.2, 0) is 6.42 Å². The highest BCUT2D eigenvalue weighted by atomic mass is 16.4. The smallest absolute Gasteiger partial charge is 0.335 e. The third-order valence-corrected chi connectivity index (χ3v) is 6.11. The SMILES string of the molecule is O=C(O)c1cccc(CC2C=C(c3nc(-c4ccccc4)c(-c4ccccc4)o3)CCC2)c1. The molecule has 0 aliphatic heterocycles. The Hall–Kier alpha value is -3.92. The summed E-state index contributed by atoms with van der Waals surface area (Å²) in [5.74, 6) is 0.897. The van der Waals surface area contributed by atoms with E-state index in [1.807, 2.05) is 60.7 Å². The van der Waals surface area contributed by atoms with Crippen molar-refractivity contribution in [2.24, 2.45) is 5.92 Å². The van der Waals surface area contributed by atoms with E-state index < -0.39 is 5.97 Å². The lowest BCUT2D eigenvalue weighted by atomic mass is 9.86. The molecule has 0 amide bonds. The van der Waals surface area contributed by atoms with Crippen molar-refractivity contribution < 1.29 is 14.3 Å². The molecule has 1 heterocycles. The van der Waals surface area contributed by atoms with Crippen molar-refractivity contribution in [1.82, 2.24) is 4.98 Å². The summed E-state index contributed by atoms with van der Waals surface area (Å²) in [4.78, 5) is 16.3. The van der Waals surface area contributed by atoms with Gasteiger partial charge in [-0.05, 0) is 49.3 Å². The van der Waals surface area contributed by atoms with Crippen molar-refractivity contribution in [3.63, 3.8) is 0 Å². The van der Waals surface area contributed by atoms with Gasteiger partial charge in [0.25, 0.3) is 0 Å². The Morgan fingerprint density at radius 3 is 2.39 bits per heavy atom. The lowest BCUT2D eigenvalue weighted by Gasteiger charge is -2.20. The molecule has 1 aliphatic rings. The number of benzene rings is 3. The molecule has 4 heteroatoms. The van der Waals surface area contributed by atoms with Gasteiger partial charge < -0.3 is 9.52 Å². The molecule has 5 rings (SSSR count). The highest BCUT2D eigenvalue weighted by Crippen LogP contribution is 2.38. The Morgan fingerprint density at radius 2 is 1.67 bits per heavy atom. The van der Waals surface area contributed by atoms with Gasteiger partial charge in [0, 0.05) is 16.7 Å². The summed E-state index contributed by atoms with van der Waals surface area (Å²) in [6, 6.07) is 27.5. The molecule has 1 atom stereocenters. The Kier molecular flexibility index (Phi) is 5.90. The van der Waals surface area contributed by atoms with Crippen LogP contribution in [-0.4, -0.2) is 16.1 Å². The number of aromatic nitrogens is 1. The van der Waals surface area contributed by atoms with Crippen LogP contribution < -0.4 is 0 Å². The molecular weight excluding hydrogens is 410 g/mol. The second kappa shape index (κ2) is 9.29. The van der Waals surface area contributed by atoms with E-state index in [0.29, 0.717) is 17.4 Å². The van der Waals surface area contributed by atoms with E-state index in [-0.39, 0.29) is 0 Å². The van der Waals surface area contributed by atoms with Gasteiger partial charge in [-0.15, -0.1) is 0 Å². The van der Waals surface area contributed by atoms with Crippen LogP contribution in [0, 0.1) is 5.92 Å². The summed E-state index contributed by atoms with van der Waals surface area (Å²) in [7, 11) is 0. The molecule has 4 nitrogen and oxygen atoms in total. The lowest BCUT2D eigenvalue weighted by Crippen LogP contribution is -2.08. The summed E-state index contributed by atoms with van der Waals surface area (Å²) >= 11 is 0. The second-order valence-corrected chi connectivity index (χ2v) is 8.48. The number of nitrogens with zero attached hydrogens (tertiary/aromatic N) is 1. The van der Waals surface area contributed by atoms with E-state index in [2.05, 4.69) is 18.2 Å². The third kappa shape index (κ3) is 4.65. The molecule has 4 aromatic rings. The minimum absolute atomic E-state index is 0.324. The molecule has 0 spiro atoms. The van der Waals surface area contributed by atoms with Crippen LogP contribution in [0.5, 0.6) is 0 Å². The molecule has 0 bridgehead atoms. The number of carboxylic acid groups (broad SMARTS) is 1. The molecule has 0 fully saturated rings. The van der Waals surface area contributed by atoms with Gasteiger partial charge in [0.1, 0.15) is 5.69 Å². The predicted molar refractivity (Wildman–Crippen MR) is 130 cm³/mol. The second-order valence-electron chi connectivity index (χ2n) is 8.48. The minimum atomic E-state index is -0.890. The lowest BCUT2D eigenvalue weighted by molar-refractivity contribution is 0.0696. The van der Waals surface area contributed by atoms with E-state index in [4.69, 9.17) is 9.40 Å². The van der Waals surface area contributed by atoms with Gasteiger partial charge in [-0.3, -0.25) is 0 Å². The minimum Gasteiger partial charge on any atom is -0.478 e. The summed E-state index contributed by atoms with van der Waals surface area (Å²) in [5, 5.41) is 9.29. The highest BCUT2D eigenvalue weighted by Gasteiger charge is 2.22. The first-order chi connectivity index (χ1) is 16.2. The Morgan fingerprint density at radius 1 is 0.939 bits per heavy atom. The molecule has 1 unspecified atom stereocenters. The first kappa shape index (κ1) is 21.0. The first-order valence-electron chi connectivity index (χ1n) is 11.3. The summed E-state index contributed by atoms with van der Waals surface area (Å²) in [6.07, 6.45) is 6.13. The number of aromatic carboxylic acids is 1. The van der Waals surface area contributed by atoms with Gasteiger partial charge in [-0.1, -0.05) is 78.9 Å². The molecule has 33 heavy (non-hydrogen) atoms. The fraction of sp³-hybridized carbons (Fsp3) is 0.172. The van der Waals surface area contributed by atoms with Crippen molar-refractivity contribution in [3.05, 3.63) is 108 Å². The van der Waals surface area contributed by atoms with Crippen LogP contribution in [0.15, 0.2) is 95.4 Å². The van der Waals surface area contributed by atoms with Crippen molar-refractivity contribution in [3.8, 4) is 22.6 Å². The van der Waals surface area contributed by atoms with Crippen molar-refractivity contribution in [2.75, 3.05) is 0 Å². The standard InChI is InChI=1S/C29H25NO3/c31-29(32)25-16-8-10-21(19-25)17-20-9-7-15-24(18-20)28-30-26(22-11-3-1-4-12-22)27(33-28)23-13-5-2-6-14-23/h1-6,8,10-14,16,18-20H,7,9,15,17H2,(H,31,32). The zero-order chi connectivity index (χ0) is 22.6. The van der Waals surface area contributed by atoms with Gasteiger partial charge in [-0.25, -0.2) is 9.78 Å². The van der Waals surface area contributed by atoms with Crippen LogP contribution in [0.3, 0.4) is 0 Å². The van der Waals surface area contributed by atoms with Gasteiger partial charge in [-0.2, -0.15) is 0 Å². The van der Waals surface area contributed by atoms with Gasteiger partial charge >= 0.3 is 5.97 Å². The highest BCUT2D eigenvalue weighted by molar-refractivity contribution is 5.87. The molecule has 164 valence electrons. The van der Waals surface area contributed by atoms with Gasteiger partial charge in [0.2, 0.25) is 5.89 Å². The molecule has 3 aromatic carbocycles. The maximum Gasteiger partial charge on any atom is 0.335 e. The fourth-order valence-corrected chi connectivity index (χ4v) is 4.51. The predicted octanol–water partition coefficient (Wildman–Crippen LogP) is 7.13. The number of carbonyl (C=O) groups is 1. The van der Waals surface area contributed by atoms with Crippen LogP contribution in [0.25, 0.3) is 28.2 Å². The largest absolute Gasteiger partial charge is 0.478 e. The Labute approximate surface area is 193 Å². The number of hydrogen-bond acceptors (Lipinski definition) is 3. The van der Waals surface area contributed by atoms with Gasteiger partial charge in [0.15, 0.2) is 5.76 Å². The van der Waals surface area contributed by atoms with Crippen molar-refractivity contribution in [2.45, 2.75) is 25.7 Å². The van der Waals surface area contributed by atoms with Crippen LogP contribution in [0.2, 0.25) is 0 Å². The van der Waals surface area contributed by atoms with Crippen LogP contribution >= 0.6 is 0 Å². The number of oxazole rings is 1. The zero-order valence-corrected chi connectivity index (χ0v) is 18.3. The molecule has 1 aliphatic carbocycles. The normalized spacial score (nSPS) is 15.8. The zero-order valence-electron chi connectivity index (χ0n) is 18.3. The third-order valence-electron chi connectivity index (χ3n) is 6.11. The van der Waals surface area contributed by atoms with E-state index in [0.717, 1.165) is 59.4 Å². The van der Waals surface area contributed by atoms with E-state index >= 15 is 0 Å². The molecular formula is C29H25NO3. The van der Waals surface area contributed by atoms with E-state index in [9.17, 15) is 9.90 Å². The van der Waals surface area contributed by atoms with Crippen LogP contribution in [0.4, 0.5) is 0 Å². The number of allylic oxidation sites excluding steroid dienone is 2. The van der Waals surface area contributed by atoms with E-state index in [1.165, 1.54) is 0 Å². The topological polar surface area (TPSA) is 63.3 Å². The molecule has 0 saturated carbocycles. The fourth-order valence-electron chi connectivity index (χ4n) is 4.51. The first-order valence-corrected chi connectivity index (χ1v) is 11.3. The molecule has 1 aromatic heterocycles. The molecule has 0 radical (unpaired) electrons. The Balaban J connectivity index is 1.48. The quantitative estimate of drug-likeness (QED) is 0.350. The average Bonchev–Trinajstić information content (AvgIpc) is 3.31. The summed E-state index contributed by atoms with van der Waals surface area (Å²) < 4.78 is 6.39. The molecule has 1 N–H and O–H groups in total. The summed E-state index contributed by atoms with van der Waals surface area (Å²) in [6.45, 7) is 0. The number of carboxylic acids is 1. The molecule has 0 saturated heterocycles. The van der Waals surface area contributed by atoms with E-state index in [1.54, 1.807) is 12.1 Å². The van der Waals surface area contributed by atoms with Gasteiger partial charge in [0.05, 0.1) is 5.56 Å². The number of rotatable bonds is 6. The Bertz CT molecular complexity index is 1230. The van der Waals surface area contributed by atoms with Crippen LogP contribution in [0.1, 0.15) is 41.1 Å². The average molecular weight is 436 g/mol. The number of hydrogen-bond donors (Lipinski definition) is 1. The monoisotopic (exact) mass is 435 g/mol. The maximum atomic E-state index is 11.3.